The van der Waals surface area contributed by atoms with Gasteiger partial charge in [-0.15, -0.1) is 0 Å². The van der Waals surface area contributed by atoms with Crippen molar-refractivity contribution < 1.29 is 18.3 Å². The van der Waals surface area contributed by atoms with Gasteiger partial charge >= 0.3 is 0 Å². The fourth-order valence-electron chi connectivity index (χ4n) is 3.79. The molecule has 2 aromatic rings. The van der Waals surface area contributed by atoms with E-state index < -0.39 is 9.84 Å². The van der Waals surface area contributed by atoms with Crippen LogP contribution in [0.2, 0.25) is 0 Å². The Morgan fingerprint density at radius 1 is 1.04 bits per heavy atom. The Balaban J connectivity index is 1.66. The Morgan fingerprint density at radius 2 is 1.68 bits per heavy atom. The normalized spacial score (nSPS) is 15.8. The number of phenols is 1. The maximum absolute atomic E-state index is 12.5. The van der Waals surface area contributed by atoms with E-state index >= 15 is 0 Å². The van der Waals surface area contributed by atoms with Gasteiger partial charge in [0.15, 0.2) is 9.84 Å². The summed E-state index contributed by atoms with van der Waals surface area (Å²) in [7, 11) is -3.58. The maximum atomic E-state index is 12.5. The largest absolute Gasteiger partial charge is 0.507 e. The van der Waals surface area contributed by atoms with Crippen molar-refractivity contribution in [2.75, 3.05) is 11.6 Å². The topological polar surface area (TPSA) is 83.5 Å². The van der Waals surface area contributed by atoms with E-state index in [4.69, 9.17) is 0 Å². The Kier molecular flexibility index (Phi) is 6.39. The van der Waals surface area contributed by atoms with Crippen molar-refractivity contribution in [2.24, 2.45) is 5.92 Å². The molecule has 0 bridgehead atoms. The average molecular weight is 402 g/mol. The Morgan fingerprint density at radius 3 is 2.29 bits per heavy atom. The van der Waals surface area contributed by atoms with Gasteiger partial charge in [0.1, 0.15) is 10.6 Å². The molecule has 0 spiro atoms. The standard InChI is InChI=1S/C22H27NO4S/c1-28(26,27)21-15-19(12-13-20(21)24)23-22(25)18-10-8-17(9-11-18)14-16-6-4-2-3-5-7-16/h8-13,15-16,24H,2-7,14H2,1H3,(H,23,25). The number of anilines is 1. The molecule has 1 aliphatic carbocycles. The first kappa shape index (κ1) is 20.4. The number of phenolic OH excluding ortho intramolecular Hbond substituents is 1. The van der Waals surface area contributed by atoms with Crippen LogP contribution < -0.4 is 5.32 Å². The zero-order chi connectivity index (χ0) is 20.1. The molecule has 0 saturated heterocycles. The summed E-state index contributed by atoms with van der Waals surface area (Å²) < 4.78 is 23.4. The molecule has 0 heterocycles. The van der Waals surface area contributed by atoms with Gasteiger partial charge in [0.2, 0.25) is 0 Å². The van der Waals surface area contributed by atoms with Crippen molar-refractivity contribution in [2.45, 2.75) is 49.8 Å². The minimum absolute atomic E-state index is 0.205. The molecule has 0 unspecified atom stereocenters. The van der Waals surface area contributed by atoms with Crippen LogP contribution in [-0.2, 0) is 16.3 Å². The predicted molar refractivity (Wildman–Crippen MR) is 111 cm³/mol. The van der Waals surface area contributed by atoms with Gasteiger partial charge < -0.3 is 10.4 Å². The van der Waals surface area contributed by atoms with E-state index in [2.05, 4.69) is 5.32 Å². The molecule has 6 heteroatoms. The number of benzene rings is 2. The molecule has 28 heavy (non-hydrogen) atoms. The maximum Gasteiger partial charge on any atom is 0.255 e. The SMILES string of the molecule is CS(=O)(=O)c1cc(NC(=O)c2ccc(CC3CCCCCC3)cc2)ccc1O. The van der Waals surface area contributed by atoms with Gasteiger partial charge in [-0.2, -0.15) is 0 Å². The lowest BCUT2D eigenvalue weighted by Gasteiger charge is -2.14. The quantitative estimate of drug-likeness (QED) is 0.568. The van der Waals surface area contributed by atoms with Crippen LogP contribution in [0.5, 0.6) is 5.75 Å². The minimum Gasteiger partial charge on any atom is -0.507 e. The number of aromatic hydroxyl groups is 1. The third-order valence-electron chi connectivity index (χ3n) is 5.33. The van der Waals surface area contributed by atoms with Gasteiger partial charge in [0.25, 0.3) is 5.91 Å². The van der Waals surface area contributed by atoms with E-state index in [1.54, 1.807) is 12.1 Å². The average Bonchev–Trinajstić information content (AvgIpc) is 2.91. The number of hydrogen-bond donors (Lipinski definition) is 2. The van der Waals surface area contributed by atoms with Gasteiger partial charge in [-0.3, -0.25) is 4.79 Å². The molecule has 2 N–H and O–H groups in total. The molecule has 5 nitrogen and oxygen atoms in total. The first-order chi connectivity index (χ1) is 13.3. The van der Waals surface area contributed by atoms with Crippen LogP contribution in [0.1, 0.15) is 54.4 Å². The predicted octanol–water partition coefficient (Wildman–Crippen LogP) is 4.56. The summed E-state index contributed by atoms with van der Waals surface area (Å²) in [6.07, 6.45) is 9.94. The fraction of sp³-hybridized carbons (Fsp3) is 0.409. The monoisotopic (exact) mass is 401 g/mol. The molecule has 0 aliphatic heterocycles. The molecule has 0 aromatic heterocycles. The lowest BCUT2D eigenvalue weighted by atomic mass is 9.92. The highest BCUT2D eigenvalue weighted by Gasteiger charge is 2.16. The highest BCUT2D eigenvalue weighted by Crippen LogP contribution is 2.27. The molecular formula is C22H27NO4S. The van der Waals surface area contributed by atoms with Crippen LogP contribution in [0.15, 0.2) is 47.4 Å². The van der Waals surface area contributed by atoms with E-state index in [1.807, 2.05) is 12.1 Å². The van der Waals surface area contributed by atoms with Crippen LogP contribution in [0.4, 0.5) is 5.69 Å². The summed E-state index contributed by atoms with van der Waals surface area (Å²) in [4.78, 5) is 12.3. The van der Waals surface area contributed by atoms with Gasteiger partial charge in [0, 0.05) is 17.5 Å². The minimum atomic E-state index is -3.58. The number of carbonyl (C=O) groups is 1. The van der Waals surface area contributed by atoms with Gasteiger partial charge in [-0.1, -0.05) is 50.7 Å². The van der Waals surface area contributed by atoms with E-state index in [-0.39, 0.29) is 16.6 Å². The van der Waals surface area contributed by atoms with Crippen LogP contribution in [0.25, 0.3) is 0 Å². The summed E-state index contributed by atoms with van der Waals surface area (Å²) in [5.74, 6) is 0.0862. The molecular weight excluding hydrogens is 374 g/mol. The van der Waals surface area contributed by atoms with Crippen molar-refractivity contribution in [3.8, 4) is 5.75 Å². The molecule has 0 atom stereocenters. The van der Waals surface area contributed by atoms with Crippen molar-refractivity contribution in [3.63, 3.8) is 0 Å². The summed E-state index contributed by atoms with van der Waals surface area (Å²) >= 11 is 0. The highest BCUT2D eigenvalue weighted by atomic mass is 32.2. The molecule has 0 radical (unpaired) electrons. The van der Waals surface area contributed by atoms with Gasteiger partial charge in [-0.25, -0.2) is 8.42 Å². The first-order valence-electron chi connectivity index (χ1n) is 9.76. The van der Waals surface area contributed by atoms with E-state index in [1.165, 1.54) is 62.3 Å². The molecule has 150 valence electrons. The van der Waals surface area contributed by atoms with Crippen LogP contribution in [0.3, 0.4) is 0 Å². The van der Waals surface area contributed by atoms with Crippen LogP contribution >= 0.6 is 0 Å². The van der Waals surface area contributed by atoms with Crippen molar-refractivity contribution in [3.05, 3.63) is 53.6 Å². The second-order valence-electron chi connectivity index (χ2n) is 7.67. The number of sulfone groups is 1. The Bertz CT molecular complexity index is 928. The summed E-state index contributed by atoms with van der Waals surface area (Å²) in [5, 5.41) is 12.4. The van der Waals surface area contributed by atoms with E-state index in [0.717, 1.165) is 18.6 Å². The molecule has 1 amide bonds. The van der Waals surface area contributed by atoms with Crippen molar-refractivity contribution in [1.29, 1.82) is 0 Å². The molecule has 1 saturated carbocycles. The number of nitrogens with one attached hydrogen (secondary N) is 1. The number of hydrogen-bond acceptors (Lipinski definition) is 4. The lowest BCUT2D eigenvalue weighted by Crippen LogP contribution is -2.12. The zero-order valence-corrected chi connectivity index (χ0v) is 17.0. The molecule has 1 fully saturated rings. The second-order valence-corrected chi connectivity index (χ2v) is 9.65. The smallest absolute Gasteiger partial charge is 0.255 e. The van der Waals surface area contributed by atoms with Crippen molar-refractivity contribution >= 4 is 21.4 Å². The third kappa shape index (κ3) is 5.35. The second kappa shape index (κ2) is 8.78. The summed E-state index contributed by atoms with van der Waals surface area (Å²) in [6.45, 7) is 0. The fourth-order valence-corrected chi connectivity index (χ4v) is 4.57. The Labute approximate surface area is 166 Å². The zero-order valence-electron chi connectivity index (χ0n) is 16.1. The van der Waals surface area contributed by atoms with Crippen LogP contribution in [-0.4, -0.2) is 25.7 Å². The number of amides is 1. The van der Waals surface area contributed by atoms with Crippen molar-refractivity contribution in [1.82, 2.24) is 0 Å². The van der Waals surface area contributed by atoms with E-state index in [0.29, 0.717) is 11.3 Å². The number of carbonyl (C=O) groups excluding carboxylic acids is 1. The van der Waals surface area contributed by atoms with E-state index in [9.17, 15) is 18.3 Å². The van der Waals surface area contributed by atoms with Gasteiger partial charge in [0.05, 0.1) is 0 Å². The third-order valence-corrected chi connectivity index (χ3v) is 6.46. The molecule has 1 aliphatic rings. The highest BCUT2D eigenvalue weighted by molar-refractivity contribution is 7.90. The Hall–Kier alpha value is -2.34. The number of rotatable bonds is 5. The van der Waals surface area contributed by atoms with Crippen LogP contribution in [0, 0.1) is 5.92 Å². The lowest BCUT2D eigenvalue weighted by molar-refractivity contribution is 0.102. The summed E-state index contributed by atoms with van der Waals surface area (Å²) in [5.41, 5.74) is 2.08. The summed E-state index contributed by atoms with van der Waals surface area (Å²) in [6, 6.07) is 11.6. The molecule has 3 rings (SSSR count). The molecule has 2 aromatic carbocycles. The first-order valence-corrected chi connectivity index (χ1v) is 11.7. The van der Waals surface area contributed by atoms with Gasteiger partial charge in [-0.05, 0) is 48.2 Å².